The van der Waals surface area contributed by atoms with Crippen molar-refractivity contribution in [2.75, 3.05) is 0 Å². The van der Waals surface area contributed by atoms with Crippen LogP contribution in [0.3, 0.4) is 0 Å². The van der Waals surface area contributed by atoms with E-state index >= 15 is 0 Å². The Kier molecular flexibility index (Phi) is 3.47. The molecule has 0 aromatic carbocycles. The van der Waals surface area contributed by atoms with E-state index in [-0.39, 0.29) is 0 Å². The second-order valence-corrected chi connectivity index (χ2v) is 8.23. The minimum atomic E-state index is 0.605. The van der Waals surface area contributed by atoms with E-state index in [9.17, 15) is 0 Å². The molecule has 3 rings (SSSR count). The van der Waals surface area contributed by atoms with Gasteiger partial charge in [0.25, 0.3) is 0 Å². The average molecular weight is 249 g/mol. The van der Waals surface area contributed by atoms with E-state index in [0.717, 1.165) is 29.8 Å². The standard InChI is InChI=1S/C17H31N/c1-12(16-11-13-4-5-14(16)10-13)18-15-6-8-17(2,3)9-7-15/h12-16,18H,4-11H2,1-3H3. The molecule has 1 nitrogen and oxygen atoms in total. The SMILES string of the molecule is CC(NC1CCC(C)(C)CC1)C1CC2CCC1C2. The van der Waals surface area contributed by atoms with Gasteiger partial charge in [-0.05, 0) is 75.0 Å². The van der Waals surface area contributed by atoms with Crippen molar-refractivity contribution in [1.82, 2.24) is 5.32 Å². The van der Waals surface area contributed by atoms with E-state index in [1.807, 2.05) is 0 Å². The van der Waals surface area contributed by atoms with Crippen molar-refractivity contribution in [3.05, 3.63) is 0 Å². The van der Waals surface area contributed by atoms with Gasteiger partial charge in [0.1, 0.15) is 0 Å². The third kappa shape index (κ3) is 2.61. The van der Waals surface area contributed by atoms with Crippen LogP contribution >= 0.6 is 0 Å². The fraction of sp³-hybridized carbons (Fsp3) is 1.00. The van der Waals surface area contributed by atoms with Crippen molar-refractivity contribution in [1.29, 1.82) is 0 Å². The van der Waals surface area contributed by atoms with Gasteiger partial charge in [-0.2, -0.15) is 0 Å². The molecule has 1 heteroatoms. The molecule has 3 saturated carbocycles. The van der Waals surface area contributed by atoms with Crippen LogP contribution in [0.1, 0.15) is 72.1 Å². The molecule has 0 spiro atoms. The van der Waals surface area contributed by atoms with Crippen LogP contribution in [-0.2, 0) is 0 Å². The second-order valence-electron chi connectivity index (χ2n) is 8.23. The summed E-state index contributed by atoms with van der Waals surface area (Å²) in [6.45, 7) is 7.33. The van der Waals surface area contributed by atoms with Gasteiger partial charge in [-0.15, -0.1) is 0 Å². The third-order valence-corrected chi connectivity index (χ3v) is 6.27. The van der Waals surface area contributed by atoms with Crippen molar-refractivity contribution in [3.8, 4) is 0 Å². The summed E-state index contributed by atoms with van der Waals surface area (Å²) in [6, 6.07) is 1.58. The predicted molar refractivity (Wildman–Crippen MR) is 77.6 cm³/mol. The number of hydrogen-bond donors (Lipinski definition) is 1. The summed E-state index contributed by atoms with van der Waals surface area (Å²) in [5.74, 6) is 3.16. The highest BCUT2D eigenvalue weighted by atomic mass is 15.0. The normalized spacial score (nSPS) is 41.2. The summed E-state index contributed by atoms with van der Waals surface area (Å²) in [5.41, 5.74) is 0.605. The van der Waals surface area contributed by atoms with E-state index in [0.29, 0.717) is 5.41 Å². The van der Waals surface area contributed by atoms with Crippen LogP contribution in [0.25, 0.3) is 0 Å². The van der Waals surface area contributed by atoms with Crippen LogP contribution in [0, 0.1) is 23.2 Å². The maximum Gasteiger partial charge on any atom is 0.00723 e. The lowest BCUT2D eigenvalue weighted by Crippen LogP contribution is -2.44. The zero-order chi connectivity index (χ0) is 12.8. The average Bonchev–Trinajstić information content (AvgIpc) is 2.94. The molecule has 104 valence electrons. The van der Waals surface area contributed by atoms with Gasteiger partial charge < -0.3 is 5.32 Å². The lowest BCUT2D eigenvalue weighted by molar-refractivity contribution is 0.175. The Bertz CT molecular complexity index is 286. The van der Waals surface area contributed by atoms with Crippen molar-refractivity contribution in [2.45, 2.75) is 84.2 Å². The summed E-state index contributed by atoms with van der Waals surface area (Å²) in [7, 11) is 0. The summed E-state index contributed by atoms with van der Waals surface area (Å²) in [6.07, 6.45) is 11.8. The molecular weight excluding hydrogens is 218 g/mol. The molecule has 3 fully saturated rings. The predicted octanol–water partition coefficient (Wildman–Crippen LogP) is 4.37. The van der Waals surface area contributed by atoms with Gasteiger partial charge in [0.05, 0.1) is 0 Å². The molecule has 4 atom stereocenters. The largest absolute Gasteiger partial charge is 0.311 e. The Labute approximate surface area is 113 Å². The second kappa shape index (κ2) is 4.81. The van der Waals surface area contributed by atoms with E-state index < -0.39 is 0 Å². The molecular formula is C17H31N. The highest BCUT2D eigenvalue weighted by Gasteiger charge is 2.42. The van der Waals surface area contributed by atoms with E-state index in [2.05, 4.69) is 26.1 Å². The maximum absolute atomic E-state index is 3.98. The Morgan fingerprint density at radius 2 is 1.72 bits per heavy atom. The topological polar surface area (TPSA) is 12.0 Å². The summed E-state index contributed by atoms with van der Waals surface area (Å²) in [4.78, 5) is 0. The Morgan fingerprint density at radius 1 is 1.00 bits per heavy atom. The fourth-order valence-electron chi connectivity index (χ4n) is 4.97. The fourth-order valence-corrected chi connectivity index (χ4v) is 4.97. The van der Waals surface area contributed by atoms with Crippen LogP contribution in [-0.4, -0.2) is 12.1 Å². The van der Waals surface area contributed by atoms with Gasteiger partial charge in [-0.25, -0.2) is 0 Å². The number of rotatable bonds is 3. The van der Waals surface area contributed by atoms with Gasteiger partial charge in [-0.3, -0.25) is 0 Å². The van der Waals surface area contributed by atoms with Crippen LogP contribution in [0.15, 0.2) is 0 Å². The Hall–Kier alpha value is -0.0400. The zero-order valence-electron chi connectivity index (χ0n) is 12.5. The van der Waals surface area contributed by atoms with Crippen LogP contribution in [0.5, 0.6) is 0 Å². The summed E-state index contributed by atoms with van der Waals surface area (Å²) >= 11 is 0. The number of hydrogen-bond acceptors (Lipinski definition) is 1. The molecule has 0 heterocycles. The summed E-state index contributed by atoms with van der Waals surface area (Å²) < 4.78 is 0. The lowest BCUT2D eigenvalue weighted by Gasteiger charge is -2.38. The van der Waals surface area contributed by atoms with Gasteiger partial charge in [-0.1, -0.05) is 20.3 Å². The van der Waals surface area contributed by atoms with Crippen molar-refractivity contribution in [2.24, 2.45) is 23.2 Å². The molecule has 3 aliphatic carbocycles. The van der Waals surface area contributed by atoms with Gasteiger partial charge in [0.2, 0.25) is 0 Å². The molecule has 18 heavy (non-hydrogen) atoms. The molecule has 2 bridgehead atoms. The molecule has 0 amide bonds. The zero-order valence-corrected chi connectivity index (χ0v) is 12.5. The van der Waals surface area contributed by atoms with Crippen molar-refractivity contribution in [3.63, 3.8) is 0 Å². The van der Waals surface area contributed by atoms with E-state index in [1.165, 1.54) is 44.9 Å². The monoisotopic (exact) mass is 249 g/mol. The van der Waals surface area contributed by atoms with Gasteiger partial charge in [0.15, 0.2) is 0 Å². The molecule has 0 saturated heterocycles. The molecule has 3 aliphatic rings. The molecule has 0 aliphatic heterocycles. The highest BCUT2D eigenvalue weighted by molar-refractivity contribution is 4.95. The van der Waals surface area contributed by atoms with Gasteiger partial charge in [0, 0.05) is 12.1 Å². The van der Waals surface area contributed by atoms with Crippen molar-refractivity contribution < 1.29 is 0 Å². The molecule has 0 aromatic heterocycles. The smallest absolute Gasteiger partial charge is 0.00723 e. The first kappa shape index (κ1) is 13.0. The summed E-state index contributed by atoms with van der Waals surface area (Å²) in [5, 5.41) is 3.98. The minimum absolute atomic E-state index is 0.605. The number of fused-ring (bicyclic) bond motifs is 2. The number of nitrogens with one attached hydrogen (secondary N) is 1. The minimum Gasteiger partial charge on any atom is -0.311 e. The lowest BCUT2D eigenvalue weighted by atomic mass is 9.75. The first-order valence-electron chi connectivity index (χ1n) is 8.29. The molecule has 4 unspecified atom stereocenters. The Morgan fingerprint density at radius 3 is 2.28 bits per heavy atom. The van der Waals surface area contributed by atoms with E-state index in [4.69, 9.17) is 0 Å². The quantitative estimate of drug-likeness (QED) is 0.783. The Balaban J connectivity index is 1.48. The van der Waals surface area contributed by atoms with Crippen LogP contribution in [0.2, 0.25) is 0 Å². The van der Waals surface area contributed by atoms with Crippen LogP contribution in [0.4, 0.5) is 0 Å². The molecule has 0 aromatic rings. The molecule has 0 radical (unpaired) electrons. The van der Waals surface area contributed by atoms with Crippen molar-refractivity contribution >= 4 is 0 Å². The molecule has 1 N–H and O–H groups in total. The first-order valence-corrected chi connectivity index (χ1v) is 8.29. The maximum atomic E-state index is 3.98. The highest BCUT2D eigenvalue weighted by Crippen LogP contribution is 2.49. The van der Waals surface area contributed by atoms with Gasteiger partial charge >= 0.3 is 0 Å². The third-order valence-electron chi connectivity index (χ3n) is 6.27. The van der Waals surface area contributed by atoms with Crippen LogP contribution < -0.4 is 5.32 Å². The first-order chi connectivity index (χ1) is 8.53. The van der Waals surface area contributed by atoms with E-state index in [1.54, 1.807) is 6.42 Å².